The molecule has 200 valence electrons. The lowest BCUT2D eigenvalue weighted by Crippen LogP contribution is -2.59. The summed E-state index contributed by atoms with van der Waals surface area (Å²) >= 11 is 0. The van der Waals surface area contributed by atoms with Crippen LogP contribution in [0.1, 0.15) is 107 Å². The maximum atomic E-state index is 12.2. The standard InChI is InChI=1S/C31H52O4/c1-17-15-18(24(33)26(2,3)4)35-23-22(17)28(7)13-14-31-16-30(31)12-11-21(32)27(5,6)19(30)9-10-20(31)29(28,8)25(23)34/h17-25,32-34H,9-16H2,1-8H3/t17-,18?,19?,20?,21?,22?,23?,24?,25+,28?,29?,30?,31?/m1/s1. The topological polar surface area (TPSA) is 69.9 Å². The molecule has 1 aliphatic heterocycles. The van der Waals surface area contributed by atoms with Crippen LogP contribution in [-0.2, 0) is 4.74 Å². The predicted octanol–water partition coefficient (Wildman–Crippen LogP) is 5.57. The molecule has 6 aliphatic rings. The molecular formula is C31H52O4. The first-order chi connectivity index (χ1) is 16.1. The third kappa shape index (κ3) is 2.74. The number of aliphatic hydroxyl groups is 3. The van der Waals surface area contributed by atoms with Gasteiger partial charge in [-0.05, 0) is 102 Å². The van der Waals surface area contributed by atoms with Crippen molar-refractivity contribution >= 4 is 0 Å². The predicted molar refractivity (Wildman–Crippen MR) is 138 cm³/mol. The molecule has 0 aromatic carbocycles. The Labute approximate surface area is 213 Å². The van der Waals surface area contributed by atoms with Crippen LogP contribution in [0, 0.1) is 56.2 Å². The van der Waals surface area contributed by atoms with E-state index in [0.717, 1.165) is 12.8 Å². The van der Waals surface area contributed by atoms with Gasteiger partial charge < -0.3 is 20.1 Å². The van der Waals surface area contributed by atoms with Crippen molar-refractivity contribution in [3.8, 4) is 0 Å². The quantitative estimate of drug-likeness (QED) is 0.451. The SMILES string of the molecule is C[C@@H]1CC(C(O)C(C)(C)C)OC2C1C1(C)CCC34CC35CCC(O)C(C)(C)C5CCC4C1(C)[C@H]2O. The molecule has 4 heteroatoms. The number of aliphatic hydroxyl groups excluding tert-OH is 3. The van der Waals surface area contributed by atoms with Crippen molar-refractivity contribution in [2.75, 3.05) is 0 Å². The maximum absolute atomic E-state index is 12.2. The van der Waals surface area contributed by atoms with Gasteiger partial charge in [0.25, 0.3) is 0 Å². The zero-order valence-electron chi connectivity index (χ0n) is 23.6. The smallest absolute Gasteiger partial charge is 0.0880 e. The molecule has 0 amide bonds. The van der Waals surface area contributed by atoms with Crippen molar-refractivity contribution in [1.29, 1.82) is 0 Å². The molecule has 5 aliphatic carbocycles. The zero-order chi connectivity index (χ0) is 25.6. The minimum atomic E-state index is -0.522. The summed E-state index contributed by atoms with van der Waals surface area (Å²) in [6, 6.07) is 0. The van der Waals surface area contributed by atoms with Gasteiger partial charge >= 0.3 is 0 Å². The van der Waals surface area contributed by atoms with Crippen molar-refractivity contribution < 1.29 is 20.1 Å². The van der Waals surface area contributed by atoms with Crippen LogP contribution in [0.15, 0.2) is 0 Å². The summed E-state index contributed by atoms with van der Waals surface area (Å²) in [5.41, 5.74) is 0.361. The van der Waals surface area contributed by atoms with E-state index in [0.29, 0.717) is 34.5 Å². The van der Waals surface area contributed by atoms with Crippen molar-refractivity contribution in [2.24, 2.45) is 56.2 Å². The summed E-state index contributed by atoms with van der Waals surface area (Å²) in [5.74, 6) is 1.91. The Bertz CT molecular complexity index is 893. The Morgan fingerprint density at radius 2 is 1.51 bits per heavy atom. The fourth-order valence-corrected chi connectivity index (χ4v) is 12.1. The van der Waals surface area contributed by atoms with Gasteiger partial charge in [-0.15, -0.1) is 0 Å². The number of rotatable bonds is 1. The summed E-state index contributed by atoms with van der Waals surface area (Å²) in [6.07, 6.45) is 7.55. The normalized spacial score (nSPS) is 59.4. The van der Waals surface area contributed by atoms with E-state index in [1.165, 1.54) is 38.5 Å². The van der Waals surface area contributed by atoms with Crippen LogP contribution in [-0.4, -0.2) is 45.8 Å². The molecule has 35 heavy (non-hydrogen) atoms. The van der Waals surface area contributed by atoms with Crippen LogP contribution >= 0.6 is 0 Å². The lowest BCUT2D eigenvalue weighted by Gasteiger charge is -2.63. The minimum absolute atomic E-state index is 0.00933. The number of fused-ring (bicyclic) bond motifs is 4. The Morgan fingerprint density at radius 1 is 0.886 bits per heavy atom. The van der Waals surface area contributed by atoms with Crippen molar-refractivity contribution in [1.82, 2.24) is 0 Å². The van der Waals surface area contributed by atoms with Gasteiger partial charge in [-0.25, -0.2) is 0 Å². The van der Waals surface area contributed by atoms with Crippen LogP contribution in [0.5, 0.6) is 0 Å². The highest BCUT2D eigenvalue weighted by Crippen LogP contribution is 2.89. The second kappa shape index (κ2) is 7.07. The molecular weight excluding hydrogens is 436 g/mol. The largest absolute Gasteiger partial charge is 0.393 e. The molecule has 13 atom stereocenters. The van der Waals surface area contributed by atoms with E-state index in [2.05, 4.69) is 55.4 Å². The van der Waals surface area contributed by atoms with Crippen LogP contribution in [0.2, 0.25) is 0 Å². The zero-order valence-corrected chi connectivity index (χ0v) is 23.6. The number of hydrogen-bond donors (Lipinski definition) is 3. The van der Waals surface area contributed by atoms with E-state index in [-0.39, 0.29) is 40.0 Å². The fraction of sp³-hybridized carbons (Fsp3) is 1.00. The Kier molecular flexibility index (Phi) is 5.08. The van der Waals surface area contributed by atoms with Crippen molar-refractivity contribution in [3.05, 3.63) is 0 Å². The average molecular weight is 489 g/mol. The first-order valence-corrected chi connectivity index (χ1v) is 14.8. The summed E-state index contributed by atoms with van der Waals surface area (Å²) in [4.78, 5) is 0. The summed E-state index contributed by atoms with van der Waals surface area (Å²) < 4.78 is 6.75. The molecule has 5 saturated carbocycles. The lowest BCUT2D eigenvalue weighted by molar-refractivity contribution is -0.189. The highest BCUT2D eigenvalue weighted by molar-refractivity contribution is 5.32. The van der Waals surface area contributed by atoms with E-state index in [9.17, 15) is 15.3 Å². The maximum Gasteiger partial charge on any atom is 0.0880 e. The molecule has 0 aromatic heterocycles. The van der Waals surface area contributed by atoms with E-state index < -0.39 is 12.2 Å². The van der Waals surface area contributed by atoms with Gasteiger partial charge in [-0.2, -0.15) is 0 Å². The molecule has 11 unspecified atom stereocenters. The molecule has 6 fully saturated rings. The van der Waals surface area contributed by atoms with E-state index in [4.69, 9.17) is 4.74 Å². The Morgan fingerprint density at radius 3 is 2.17 bits per heavy atom. The first kappa shape index (κ1) is 25.1. The van der Waals surface area contributed by atoms with Gasteiger partial charge in [-0.1, -0.05) is 55.4 Å². The summed E-state index contributed by atoms with van der Waals surface area (Å²) in [6.45, 7) is 18.2. The molecule has 0 aromatic rings. The van der Waals surface area contributed by atoms with Gasteiger partial charge in [0.05, 0.1) is 30.5 Å². The molecule has 3 N–H and O–H groups in total. The van der Waals surface area contributed by atoms with Crippen LogP contribution in [0.3, 0.4) is 0 Å². The number of hydrogen-bond acceptors (Lipinski definition) is 4. The molecule has 0 radical (unpaired) electrons. The third-order valence-corrected chi connectivity index (χ3v) is 14.0. The monoisotopic (exact) mass is 488 g/mol. The fourth-order valence-electron chi connectivity index (χ4n) is 12.1. The van der Waals surface area contributed by atoms with Crippen molar-refractivity contribution in [3.63, 3.8) is 0 Å². The Balaban J connectivity index is 1.36. The average Bonchev–Trinajstić information content (AvgIpc) is 3.40. The van der Waals surface area contributed by atoms with Crippen molar-refractivity contribution in [2.45, 2.75) is 137 Å². The highest BCUT2D eigenvalue weighted by Gasteiger charge is 2.84. The lowest BCUT2D eigenvalue weighted by atomic mass is 9.41. The van der Waals surface area contributed by atoms with Crippen LogP contribution in [0.4, 0.5) is 0 Å². The molecule has 4 nitrogen and oxygen atoms in total. The Hall–Kier alpha value is -0.160. The molecule has 0 bridgehead atoms. The van der Waals surface area contributed by atoms with Gasteiger partial charge in [0.15, 0.2) is 0 Å². The third-order valence-electron chi connectivity index (χ3n) is 14.0. The summed E-state index contributed by atoms with van der Waals surface area (Å²) in [7, 11) is 0. The van der Waals surface area contributed by atoms with Crippen LogP contribution in [0.25, 0.3) is 0 Å². The highest BCUT2D eigenvalue weighted by atomic mass is 16.5. The van der Waals surface area contributed by atoms with E-state index in [1.807, 2.05) is 0 Å². The number of ether oxygens (including phenoxy) is 1. The van der Waals surface area contributed by atoms with E-state index in [1.54, 1.807) is 0 Å². The van der Waals surface area contributed by atoms with Gasteiger partial charge in [0, 0.05) is 5.41 Å². The first-order valence-electron chi connectivity index (χ1n) is 14.8. The summed E-state index contributed by atoms with van der Waals surface area (Å²) in [5, 5.41) is 34.3. The van der Waals surface area contributed by atoms with Gasteiger partial charge in [0.2, 0.25) is 0 Å². The molecule has 6 rings (SSSR count). The molecule has 1 saturated heterocycles. The molecule has 2 spiro atoms. The minimum Gasteiger partial charge on any atom is -0.393 e. The van der Waals surface area contributed by atoms with E-state index >= 15 is 0 Å². The van der Waals surface area contributed by atoms with Crippen LogP contribution < -0.4 is 0 Å². The molecule has 1 heterocycles. The second-order valence-corrected chi connectivity index (χ2v) is 16.4. The second-order valence-electron chi connectivity index (χ2n) is 16.4. The van der Waals surface area contributed by atoms with Gasteiger partial charge in [-0.3, -0.25) is 0 Å². The van der Waals surface area contributed by atoms with Gasteiger partial charge in [0.1, 0.15) is 0 Å².